The Labute approximate surface area is 199 Å². The zero-order chi connectivity index (χ0) is 23.7. The first kappa shape index (κ1) is 22.9. The van der Waals surface area contributed by atoms with Crippen LogP contribution in [0.15, 0.2) is 48.5 Å². The van der Waals surface area contributed by atoms with Gasteiger partial charge in [0.15, 0.2) is 0 Å². The number of ether oxygens (including phenoxy) is 2. The van der Waals surface area contributed by atoms with Gasteiger partial charge in [-0.25, -0.2) is 0 Å². The lowest BCUT2D eigenvalue weighted by Gasteiger charge is -2.37. The number of anilines is 1. The Bertz CT molecular complexity index is 1040. The van der Waals surface area contributed by atoms with Gasteiger partial charge in [-0.05, 0) is 55.9 Å². The minimum absolute atomic E-state index is 0.00877. The van der Waals surface area contributed by atoms with Gasteiger partial charge in [-0.1, -0.05) is 30.3 Å². The fraction of sp³-hybridized carbons (Fsp3) is 0.481. The molecule has 2 heterocycles. The summed E-state index contributed by atoms with van der Waals surface area (Å²) in [4.78, 5) is 25.0. The van der Waals surface area contributed by atoms with Crippen LogP contribution >= 0.6 is 0 Å². The third kappa shape index (κ3) is 5.10. The van der Waals surface area contributed by atoms with Crippen LogP contribution in [0.3, 0.4) is 0 Å². The normalized spacial score (nSPS) is 26.1. The lowest BCUT2D eigenvalue weighted by molar-refractivity contribution is -0.142. The standard InChI is InChI=1S/C27H32N2O5/c1-16(18-5-3-2-4-6-18)28-26(32)14-20-13-22-21-12-19(29-25(31)11-17-7-8-17)9-10-23(21)34-27(22)24(15-30)33-20/h2-6,9-10,12,16-17,20,22,24,27,30H,7-8,11,13-15H2,1H3,(H,28,32)(H,29,31)/t16-,20+,22-,24+,27+/m0/s1. The number of hydrogen-bond donors (Lipinski definition) is 3. The smallest absolute Gasteiger partial charge is 0.224 e. The van der Waals surface area contributed by atoms with Crippen molar-refractivity contribution >= 4 is 17.5 Å². The molecule has 2 fully saturated rings. The van der Waals surface area contributed by atoms with Gasteiger partial charge >= 0.3 is 0 Å². The number of fused-ring (bicyclic) bond motifs is 3. The first-order chi connectivity index (χ1) is 16.5. The molecule has 7 heteroatoms. The molecule has 5 atom stereocenters. The van der Waals surface area contributed by atoms with Crippen molar-refractivity contribution in [1.29, 1.82) is 0 Å². The number of carbonyl (C=O) groups excluding carboxylic acids is 2. The van der Waals surface area contributed by atoms with Crippen LogP contribution in [0.5, 0.6) is 5.75 Å². The van der Waals surface area contributed by atoms with Crippen molar-refractivity contribution in [2.75, 3.05) is 11.9 Å². The summed E-state index contributed by atoms with van der Waals surface area (Å²) in [5.74, 6) is 1.22. The SMILES string of the molecule is C[C@H](NC(=O)C[C@H]1C[C@H]2c3cc(NC(=O)CC4CC4)ccc3O[C@H]2[C@@H](CO)O1)c1ccccc1. The first-order valence-corrected chi connectivity index (χ1v) is 12.2. The molecule has 2 amide bonds. The number of aliphatic hydroxyl groups excluding tert-OH is 1. The Morgan fingerprint density at radius 1 is 1.09 bits per heavy atom. The van der Waals surface area contributed by atoms with Gasteiger partial charge in [-0.2, -0.15) is 0 Å². The van der Waals surface area contributed by atoms with E-state index in [2.05, 4.69) is 10.6 Å². The van der Waals surface area contributed by atoms with Crippen molar-refractivity contribution in [3.8, 4) is 5.75 Å². The molecule has 2 aromatic carbocycles. The molecule has 2 aromatic rings. The highest BCUT2D eigenvalue weighted by Gasteiger charge is 2.46. The second kappa shape index (κ2) is 9.76. The maximum Gasteiger partial charge on any atom is 0.224 e. The van der Waals surface area contributed by atoms with Crippen LogP contribution in [0.1, 0.15) is 62.1 Å². The molecular weight excluding hydrogens is 432 g/mol. The van der Waals surface area contributed by atoms with Gasteiger partial charge < -0.3 is 25.2 Å². The predicted octanol–water partition coefficient (Wildman–Crippen LogP) is 3.69. The van der Waals surface area contributed by atoms with Gasteiger partial charge in [0.25, 0.3) is 0 Å². The second-order valence-corrected chi connectivity index (χ2v) is 9.76. The van der Waals surface area contributed by atoms with Crippen molar-refractivity contribution in [2.24, 2.45) is 5.92 Å². The number of nitrogens with one attached hydrogen (secondary N) is 2. The number of carbonyl (C=O) groups is 2. The second-order valence-electron chi connectivity index (χ2n) is 9.76. The van der Waals surface area contributed by atoms with Gasteiger partial charge in [0.2, 0.25) is 11.8 Å². The van der Waals surface area contributed by atoms with E-state index in [4.69, 9.17) is 9.47 Å². The van der Waals surface area contributed by atoms with Crippen molar-refractivity contribution in [3.63, 3.8) is 0 Å². The Hall–Kier alpha value is -2.90. The topological polar surface area (TPSA) is 96.9 Å². The van der Waals surface area contributed by atoms with Gasteiger partial charge in [-0.15, -0.1) is 0 Å². The van der Waals surface area contributed by atoms with Crippen LogP contribution in [0, 0.1) is 5.92 Å². The number of benzene rings is 2. The van der Waals surface area contributed by atoms with E-state index in [1.807, 2.05) is 55.5 Å². The molecule has 0 unspecified atom stereocenters. The minimum atomic E-state index is -0.511. The van der Waals surface area contributed by atoms with Crippen molar-refractivity contribution < 1.29 is 24.2 Å². The zero-order valence-electron chi connectivity index (χ0n) is 19.4. The summed E-state index contributed by atoms with van der Waals surface area (Å²) < 4.78 is 12.2. The lowest BCUT2D eigenvalue weighted by Crippen LogP contribution is -2.47. The molecule has 5 rings (SSSR count). The highest BCUT2D eigenvalue weighted by atomic mass is 16.6. The van der Waals surface area contributed by atoms with E-state index < -0.39 is 6.10 Å². The molecular formula is C27H32N2O5. The maximum absolute atomic E-state index is 12.8. The largest absolute Gasteiger partial charge is 0.487 e. The Morgan fingerprint density at radius 3 is 2.62 bits per heavy atom. The summed E-state index contributed by atoms with van der Waals surface area (Å²) in [5, 5.41) is 16.0. The van der Waals surface area contributed by atoms with E-state index in [0.29, 0.717) is 18.8 Å². The fourth-order valence-electron chi connectivity index (χ4n) is 5.10. The molecule has 2 aliphatic heterocycles. The van der Waals surface area contributed by atoms with Gasteiger partial charge in [-0.3, -0.25) is 9.59 Å². The molecule has 0 spiro atoms. The van der Waals surface area contributed by atoms with E-state index in [1.165, 1.54) is 0 Å². The third-order valence-corrected chi connectivity index (χ3v) is 7.04. The van der Waals surface area contributed by atoms with Crippen molar-refractivity contribution in [2.45, 2.75) is 69.3 Å². The molecule has 0 radical (unpaired) electrons. The van der Waals surface area contributed by atoms with E-state index in [1.54, 1.807) is 0 Å². The maximum atomic E-state index is 12.8. The number of amides is 2. The highest BCUT2D eigenvalue weighted by Crippen LogP contribution is 2.47. The molecule has 7 nitrogen and oxygen atoms in total. The molecule has 180 valence electrons. The third-order valence-electron chi connectivity index (χ3n) is 7.04. The summed E-state index contributed by atoms with van der Waals surface area (Å²) in [6.45, 7) is 1.78. The Kier molecular flexibility index (Phi) is 6.57. The van der Waals surface area contributed by atoms with Gasteiger partial charge in [0.05, 0.1) is 25.2 Å². The summed E-state index contributed by atoms with van der Waals surface area (Å²) in [5.41, 5.74) is 2.80. The van der Waals surface area contributed by atoms with E-state index in [0.717, 1.165) is 35.4 Å². The monoisotopic (exact) mass is 464 g/mol. The van der Waals surface area contributed by atoms with Crippen LogP contribution in [0.25, 0.3) is 0 Å². The van der Waals surface area contributed by atoms with Crippen LogP contribution < -0.4 is 15.4 Å². The van der Waals surface area contributed by atoms with E-state index in [-0.39, 0.29) is 49.0 Å². The fourth-order valence-corrected chi connectivity index (χ4v) is 5.10. The summed E-state index contributed by atoms with van der Waals surface area (Å²) in [7, 11) is 0. The van der Waals surface area contributed by atoms with Crippen molar-refractivity contribution in [1.82, 2.24) is 5.32 Å². The molecule has 0 aromatic heterocycles. The first-order valence-electron chi connectivity index (χ1n) is 12.2. The summed E-state index contributed by atoms with van der Waals surface area (Å²) >= 11 is 0. The lowest BCUT2D eigenvalue weighted by atomic mass is 9.84. The van der Waals surface area contributed by atoms with Crippen LogP contribution in [-0.4, -0.2) is 41.8 Å². The van der Waals surface area contributed by atoms with E-state index >= 15 is 0 Å². The molecule has 3 N–H and O–H groups in total. The average molecular weight is 465 g/mol. The number of aliphatic hydroxyl groups is 1. The predicted molar refractivity (Wildman–Crippen MR) is 128 cm³/mol. The summed E-state index contributed by atoms with van der Waals surface area (Å²) in [6.07, 6.45) is 2.52. The number of rotatable bonds is 8. The van der Waals surface area contributed by atoms with Gasteiger partial charge in [0, 0.05) is 23.6 Å². The van der Waals surface area contributed by atoms with Crippen LogP contribution in [-0.2, 0) is 14.3 Å². The van der Waals surface area contributed by atoms with Crippen LogP contribution in [0.2, 0.25) is 0 Å². The molecule has 1 saturated heterocycles. The Morgan fingerprint density at radius 2 is 1.88 bits per heavy atom. The highest BCUT2D eigenvalue weighted by molar-refractivity contribution is 5.91. The molecule has 0 bridgehead atoms. The molecule has 34 heavy (non-hydrogen) atoms. The number of hydrogen-bond acceptors (Lipinski definition) is 5. The quantitative estimate of drug-likeness (QED) is 0.554. The zero-order valence-corrected chi connectivity index (χ0v) is 19.4. The molecule has 1 aliphatic carbocycles. The Balaban J connectivity index is 1.25. The average Bonchev–Trinajstić information content (AvgIpc) is 3.57. The van der Waals surface area contributed by atoms with Crippen LogP contribution in [0.4, 0.5) is 5.69 Å². The van der Waals surface area contributed by atoms with E-state index in [9.17, 15) is 14.7 Å². The summed E-state index contributed by atoms with van der Waals surface area (Å²) in [6, 6.07) is 15.4. The van der Waals surface area contributed by atoms with Crippen molar-refractivity contribution in [3.05, 3.63) is 59.7 Å². The molecule has 3 aliphatic rings. The van der Waals surface area contributed by atoms with Gasteiger partial charge in [0.1, 0.15) is 18.0 Å². The minimum Gasteiger partial charge on any atom is -0.487 e. The molecule has 1 saturated carbocycles.